The zero-order chi connectivity index (χ0) is 18.8. The Bertz CT molecular complexity index is 1140. The van der Waals surface area contributed by atoms with E-state index in [0.29, 0.717) is 21.7 Å². The van der Waals surface area contributed by atoms with Gasteiger partial charge in [0, 0.05) is 12.1 Å². The number of nitrogens with one attached hydrogen (secondary N) is 1. The van der Waals surface area contributed by atoms with Crippen LogP contribution in [0.3, 0.4) is 0 Å². The van der Waals surface area contributed by atoms with E-state index in [-0.39, 0.29) is 11.0 Å². The highest BCUT2D eigenvalue weighted by Crippen LogP contribution is 2.29. The molecular weight excluding hydrogens is 368 g/mol. The molecule has 2 aromatic heterocycles. The van der Waals surface area contributed by atoms with Crippen LogP contribution in [0.2, 0.25) is 0 Å². The molecule has 0 aliphatic rings. The van der Waals surface area contributed by atoms with Gasteiger partial charge in [0.1, 0.15) is 10.9 Å². The molecule has 0 fully saturated rings. The molecule has 0 atom stereocenters. The molecule has 0 bridgehead atoms. The quantitative estimate of drug-likeness (QED) is 0.557. The average Bonchev–Trinajstić information content (AvgIpc) is 3.07. The van der Waals surface area contributed by atoms with Crippen molar-refractivity contribution >= 4 is 34.9 Å². The summed E-state index contributed by atoms with van der Waals surface area (Å²) >= 11 is 1.20. The van der Waals surface area contributed by atoms with Crippen molar-refractivity contribution in [3.8, 4) is 0 Å². The minimum atomic E-state index is -0.964. The Morgan fingerprint density at radius 1 is 0.926 bits per heavy atom. The Balaban J connectivity index is 1.81. The number of halogens is 2. The summed E-state index contributed by atoms with van der Waals surface area (Å²) in [7, 11) is 0. The van der Waals surface area contributed by atoms with Crippen molar-refractivity contribution in [2.24, 2.45) is 0 Å². The molecule has 0 amide bonds. The summed E-state index contributed by atoms with van der Waals surface area (Å²) in [6.45, 7) is 1.79. The van der Waals surface area contributed by atoms with Gasteiger partial charge in [-0.15, -0.1) is 5.10 Å². The Hall–Kier alpha value is -3.13. The Morgan fingerprint density at radius 3 is 2.30 bits per heavy atom. The van der Waals surface area contributed by atoms with E-state index >= 15 is 0 Å². The maximum atomic E-state index is 13.6. The van der Waals surface area contributed by atoms with Crippen molar-refractivity contribution in [3.63, 3.8) is 0 Å². The lowest BCUT2D eigenvalue weighted by molar-refractivity contribution is 0.510. The lowest BCUT2D eigenvalue weighted by atomic mass is 10.2. The first kappa shape index (κ1) is 17.3. The molecule has 0 aliphatic carbocycles. The highest BCUT2D eigenvalue weighted by molar-refractivity contribution is 7.99. The summed E-state index contributed by atoms with van der Waals surface area (Å²) < 4.78 is 27.2. The first-order valence-electron chi connectivity index (χ1n) is 8.05. The van der Waals surface area contributed by atoms with Crippen molar-refractivity contribution in [1.82, 2.24) is 25.1 Å². The molecule has 27 heavy (non-hydrogen) atoms. The van der Waals surface area contributed by atoms with Crippen molar-refractivity contribution in [3.05, 3.63) is 71.2 Å². The number of aromatic nitrogens is 5. The standard InChI is InChI=1S/C19H13F2N5S/c1-11-22-19(26-25-11)27-18-15(8-7-12-5-3-2-4-6-12)23-16-9-13(20)14(21)10-17(16)24-18/h2-10H,1H3,(H,22,25,26)/b8-7+. The summed E-state index contributed by atoms with van der Waals surface area (Å²) in [4.78, 5) is 13.1. The second kappa shape index (κ2) is 7.24. The van der Waals surface area contributed by atoms with Crippen molar-refractivity contribution in [1.29, 1.82) is 0 Å². The van der Waals surface area contributed by atoms with Gasteiger partial charge in [-0.2, -0.15) is 0 Å². The number of aryl methyl sites for hydroxylation is 1. The maximum Gasteiger partial charge on any atom is 0.214 e. The van der Waals surface area contributed by atoms with Gasteiger partial charge in [0.25, 0.3) is 0 Å². The summed E-state index contributed by atoms with van der Waals surface area (Å²) in [5.74, 6) is -1.26. The molecule has 0 aliphatic heterocycles. The first-order valence-corrected chi connectivity index (χ1v) is 8.87. The van der Waals surface area contributed by atoms with Crippen LogP contribution in [0.4, 0.5) is 8.78 Å². The third kappa shape index (κ3) is 3.85. The number of hydrogen-bond acceptors (Lipinski definition) is 5. The van der Waals surface area contributed by atoms with E-state index in [9.17, 15) is 8.78 Å². The van der Waals surface area contributed by atoms with E-state index in [1.54, 1.807) is 13.0 Å². The van der Waals surface area contributed by atoms with Gasteiger partial charge in [-0.1, -0.05) is 36.4 Å². The van der Waals surface area contributed by atoms with Gasteiger partial charge in [0.05, 0.1) is 16.7 Å². The molecule has 0 radical (unpaired) electrons. The highest BCUT2D eigenvalue weighted by atomic mass is 32.2. The lowest BCUT2D eigenvalue weighted by Gasteiger charge is -2.06. The van der Waals surface area contributed by atoms with Crippen LogP contribution in [0, 0.1) is 18.6 Å². The molecule has 8 heteroatoms. The maximum absolute atomic E-state index is 13.6. The summed E-state index contributed by atoms with van der Waals surface area (Å²) in [5.41, 5.74) is 2.04. The second-order valence-corrected chi connectivity index (χ2v) is 6.67. The van der Waals surface area contributed by atoms with Crippen LogP contribution in [-0.4, -0.2) is 25.1 Å². The normalized spacial score (nSPS) is 11.5. The number of hydrogen-bond donors (Lipinski definition) is 1. The molecule has 5 nitrogen and oxygen atoms in total. The predicted molar refractivity (Wildman–Crippen MR) is 100 cm³/mol. The van der Waals surface area contributed by atoms with Crippen LogP contribution < -0.4 is 0 Å². The minimum Gasteiger partial charge on any atom is -0.262 e. The molecule has 0 spiro atoms. The van der Waals surface area contributed by atoms with Crippen LogP contribution in [0.25, 0.3) is 23.2 Å². The average molecular weight is 381 g/mol. The van der Waals surface area contributed by atoms with E-state index in [1.165, 1.54) is 11.8 Å². The predicted octanol–water partition coefficient (Wildman–Crippen LogP) is 4.66. The lowest BCUT2D eigenvalue weighted by Crippen LogP contribution is -1.96. The third-order valence-corrected chi connectivity index (χ3v) is 4.56. The molecule has 0 unspecified atom stereocenters. The highest BCUT2D eigenvalue weighted by Gasteiger charge is 2.14. The van der Waals surface area contributed by atoms with Crippen LogP contribution in [-0.2, 0) is 0 Å². The van der Waals surface area contributed by atoms with Crippen LogP contribution in [0.15, 0.2) is 52.6 Å². The molecule has 1 N–H and O–H groups in total. The van der Waals surface area contributed by atoms with Crippen LogP contribution >= 0.6 is 11.8 Å². The van der Waals surface area contributed by atoms with E-state index in [1.807, 2.05) is 36.4 Å². The summed E-state index contributed by atoms with van der Waals surface area (Å²) in [6.07, 6.45) is 3.66. The molecule has 4 rings (SSSR count). The molecule has 2 heterocycles. The SMILES string of the molecule is Cc1nc(Sc2nc3cc(F)c(F)cc3nc2/C=C/c2ccccc2)n[nH]1. The smallest absolute Gasteiger partial charge is 0.214 e. The Morgan fingerprint density at radius 2 is 1.63 bits per heavy atom. The number of nitrogens with zero attached hydrogens (tertiary/aromatic N) is 4. The molecule has 134 valence electrons. The van der Waals surface area contributed by atoms with Crippen LogP contribution in [0.1, 0.15) is 17.1 Å². The number of fused-ring (bicyclic) bond motifs is 1. The van der Waals surface area contributed by atoms with Gasteiger partial charge >= 0.3 is 0 Å². The van der Waals surface area contributed by atoms with Crippen LogP contribution in [0.5, 0.6) is 0 Å². The fourth-order valence-corrected chi connectivity index (χ4v) is 3.24. The zero-order valence-electron chi connectivity index (χ0n) is 14.1. The molecule has 0 saturated heterocycles. The van der Waals surface area contributed by atoms with Gasteiger partial charge in [-0.3, -0.25) is 5.10 Å². The van der Waals surface area contributed by atoms with Crippen molar-refractivity contribution < 1.29 is 8.78 Å². The Labute approximate surface area is 157 Å². The van der Waals surface area contributed by atoms with Gasteiger partial charge in [0.15, 0.2) is 11.6 Å². The number of benzene rings is 2. The fraction of sp³-hybridized carbons (Fsp3) is 0.0526. The largest absolute Gasteiger partial charge is 0.262 e. The second-order valence-electron chi connectivity index (χ2n) is 5.72. The third-order valence-electron chi connectivity index (χ3n) is 3.70. The van der Waals surface area contributed by atoms with Gasteiger partial charge in [-0.25, -0.2) is 23.7 Å². The molecule has 2 aromatic carbocycles. The van der Waals surface area contributed by atoms with Crippen molar-refractivity contribution in [2.45, 2.75) is 17.1 Å². The first-order chi connectivity index (χ1) is 13.1. The van der Waals surface area contributed by atoms with E-state index in [4.69, 9.17) is 0 Å². The summed E-state index contributed by atoms with van der Waals surface area (Å²) in [6, 6.07) is 11.8. The van der Waals surface area contributed by atoms with E-state index < -0.39 is 11.6 Å². The number of H-pyrrole nitrogens is 1. The van der Waals surface area contributed by atoms with Gasteiger partial charge < -0.3 is 0 Å². The fourth-order valence-electron chi connectivity index (χ4n) is 2.43. The zero-order valence-corrected chi connectivity index (χ0v) is 15.0. The summed E-state index contributed by atoms with van der Waals surface area (Å²) in [5, 5.41) is 7.82. The minimum absolute atomic E-state index is 0.264. The van der Waals surface area contributed by atoms with Gasteiger partial charge in [-0.05, 0) is 30.3 Å². The Kier molecular flexibility index (Phi) is 4.64. The molecular formula is C19H13F2N5S. The van der Waals surface area contributed by atoms with E-state index in [0.717, 1.165) is 17.7 Å². The molecule has 0 saturated carbocycles. The number of aromatic amines is 1. The van der Waals surface area contributed by atoms with Gasteiger partial charge in [0.2, 0.25) is 5.16 Å². The molecule has 4 aromatic rings. The number of rotatable bonds is 4. The van der Waals surface area contributed by atoms with Crippen molar-refractivity contribution in [2.75, 3.05) is 0 Å². The van der Waals surface area contributed by atoms with E-state index in [2.05, 4.69) is 25.1 Å². The topological polar surface area (TPSA) is 67.3 Å². The monoisotopic (exact) mass is 381 g/mol.